The quantitative estimate of drug-likeness (QED) is 0.190. The number of ketones is 1. The van der Waals surface area contributed by atoms with Crippen molar-refractivity contribution < 1.29 is 28.9 Å². The summed E-state index contributed by atoms with van der Waals surface area (Å²) in [6.07, 6.45) is 10.8. The van der Waals surface area contributed by atoms with Crippen molar-refractivity contribution in [2.75, 3.05) is 12.3 Å². The van der Waals surface area contributed by atoms with Crippen LogP contribution in [0.3, 0.4) is 0 Å². The van der Waals surface area contributed by atoms with Crippen LogP contribution in [0.15, 0.2) is 42.9 Å². The molecule has 5 atom stereocenters. The molecule has 0 spiro atoms. The van der Waals surface area contributed by atoms with Crippen molar-refractivity contribution in [3.63, 3.8) is 0 Å². The second-order valence-electron chi connectivity index (χ2n) is 13.7. The molecule has 0 saturated heterocycles. The lowest BCUT2D eigenvalue weighted by Gasteiger charge is -2.33. The number of hydrogen-bond acceptors (Lipinski definition) is 7. The normalized spacial score (nSPS) is 18.1. The maximum absolute atomic E-state index is 14.0. The molecule has 10 heteroatoms. The van der Waals surface area contributed by atoms with Gasteiger partial charge in [-0.05, 0) is 70.4 Å². The van der Waals surface area contributed by atoms with E-state index in [-0.39, 0.29) is 35.4 Å². The molecule has 0 bridgehead atoms. The standard InChI is InChI=1S/C34H55N3O5S.H2O/c1-5-12-31(38)33(40)30(19-26-15-10-7-11-16-26)36-21-27(18-29-22-35-24-37-29)20-32(39)28(17-25-13-8-6-9-14-25)23-43(41,42)34(2,3)4;/h6,8-9,13-14,22,24,26-28,30-31,33,36,38,40H,5,7,10-12,15-21,23H2,1-4H3,(H,35,37);1H2/t27-,28-,30+,31+,33-;/m1./s1. The number of carbonyl (C=O) groups is 1. The minimum absolute atomic E-state index is 0. The van der Waals surface area contributed by atoms with Gasteiger partial charge in [0.25, 0.3) is 0 Å². The van der Waals surface area contributed by atoms with Crippen molar-refractivity contribution in [3.05, 3.63) is 54.1 Å². The van der Waals surface area contributed by atoms with Gasteiger partial charge in [-0.3, -0.25) is 4.79 Å². The predicted octanol–water partition coefficient (Wildman–Crippen LogP) is 4.23. The Kier molecular flexibility index (Phi) is 15.7. The zero-order chi connectivity index (χ0) is 31.5. The highest BCUT2D eigenvalue weighted by molar-refractivity contribution is 7.92. The number of H-pyrrole nitrogens is 1. The van der Waals surface area contributed by atoms with Gasteiger partial charge in [-0.1, -0.05) is 75.8 Å². The number of hydrogen-bond donors (Lipinski definition) is 4. The van der Waals surface area contributed by atoms with E-state index in [0.717, 1.165) is 36.9 Å². The number of aliphatic hydroxyl groups is 2. The van der Waals surface area contributed by atoms with Crippen LogP contribution in [-0.2, 0) is 27.5 Å². The van der Waals surface area contributed by atoms with Crippen LogP contribution in [0.1, 0.15) is 96.7 Å². The average Bonchev–Trinajstić information content (AvgIpc) is 3.48. The predicted molar refractivity (Wildman–Crippen MR) is 176 cm³/mol. The highest BCUT2D eigenvalue weighted by atomic mass is 32.2. The molecule has 0 unspecified atom stereocenters. The molecular weight excluding hydrogens is 578 g/mol. The molecule has 44 heavy (non-hydrogen) atoms. The number of sulfone groups is 1. The third-order valence-corrected chi connectivity index (χ3v) is 11.8. The van der Waals surface area contributed by atoms with E-state index in [9.17, 15) is 23.4 Å². The van der Waals surface area contributed by atoms with Crippen LogP contribution >= 0.6 is 0 Å². The van der Waals surface area contributed by atoms with Crippen LogP contribution in [-0.4, -0.2) is 75.2 Å². The van der Waals surface area contributed by atoms with Gasteiger partial charge >= 0.3 is 0 Å². The molecule has 1 fully saturated rings. The average molecular weight is 636 g/mol. The zero-order valence-electron chi connectivity index (χ0n) is 27.2. The Balaban J connectivity index is 0.00000675. The summed E-state index contributed by atoms with van der Waals surface area (Å²) in [7, 11) is -3.53. The van der Waals surface area contributed by atoms with Gasteiger partial charge in [0.15, 0.2) is 9.84 Å². The first-order valence-electron chi connectivity index (χ1n) is 16.2. The third kappa shape index (κ3) is 12.0. The number of aromatic amines is 1. The van der Waals surface area contributed by atoms with Crippen molar-refractivity contribution >= 4 is 15.6 Å². The zero-order valence-corrected chi connectivity index (χ0v) is 28.0. The fourth-order valence-corrected chi connectivity index (χ4v) is 7.57. The minimum atomic E-state index is -3.53. The summed E-state index contributed by atoms with van der Waals surface area (Å²) in [4.78, 5) is 21.3. The highest BCUT2D eigenvalue weighted by Crippen LogP contribution is 2.29. The van der Waals surface area contributed by atoms with Crippen LogP contribution in [0.2, 0.25) is 0 Å². The van der Waals surface area contributed by atoms with Gasteiger partial charge < -0.3 is 26.0 Å². The van der Waals surface area contributed by atoms with E-state index in [1.807, 2.05) is 37.3 Å². The van der Waals surface area contributed by atoms with Gasteiger partial charge in [-0.15, -0.1) is 0 Å². The van der Waals surface area contributed by atoms with E-state index < -0.39 is 32.7 Å². The molecule has 1 aliphatic carbocycles. The number of aliphatic hydroxyl groups excluding tert-OH is 2. The lowest BCUT2D eigenvalue weighted by atomic mass is 9.82. The Labute approximate surface area is 264 Å². The topological polar surface area (TPSA) is 164 Å². The van der Waals surface area contributed by atoms with Crippen molar-refractivity contribution in [2.45, 2.75) is 121 Å². The minimum Gasteiger partial charge on any atom is -0.412 e. The molecular formula is C34H57N3O6S. The van der Waals surface area contributed by atoms with Crippen molar-refractivity contribution in [1.29, 1.82) is 0 Å². The summed E-state index contributed by atoms with van der Waals surface area (Å²) in [5, 5.41) is 25.5. The fraction of sp³-hybridized carbons (Fsp3) is 0.706. The van der Waals surface area contributed by atoms with Crippen LogP contribution in [0.5, 0.6) is 0 Å². The molecule has 3 rings (SSSR count). The summed E-state index contributed by atoms with van der Waals surface area (Å²) in [5.41, 5.74) is 1.84. The fourth-order valence-electron chi connectivity index (χ4n) is 6.23. The van der Waals surface area contributed by atoms with Gasteiger partial charge in [-0.25, -0.2) is 13.4 Å². The van der Waals surface area contributed by atoms with Crippen LogP contribution in [0, 0.1) is 17.8 Å². The summed E-state index contributed by atoms with van der Waals surface area (Å²) in [6, 6.07) is 9.31. The van der Waals surface area contributed by atoms with E-state index in [2.05, 4.69) is 15.3 Å². The van der Waals surface area contributed by atoms with Crippen molar-refractivity contribution in [1.82, 2.24) is 15.3 Å². The molecule has 6 N–H and O–H groups in total. The second kappa shape index (κ2) is 18.1. The van der Waals surface area contributed by atoms with Crippen LogP contribution in [0.4, 0.5) is 0 Å². The molecule has 1 aromatic heterocycles. The molecule has 1 aromatic carbocycles. The Morgan fingerprint density at radius 2 is 1.77 bits per heavy atom. The Morgan fingerprint density at radius 3 is 2.36 bits per heavy atom. The van der Waals surface area contributed by atoms with E-state index in [1.54, 1.807) is 33.3 Å². The first-order valence-corrected chi connectivity index (χ1v) is 17.9. The summed E-state index contributed by atoms with van der Waals surface area (Å²) in [6.45, 7) is 7.51. The van der Waals surface area contributed by atoms with Gasteiger partial charge in [0.2, 0.25) is 0 Å². The molecule has 9 nitrogen and oxygen atoms in total. The van der Waals surface area contributed by atoms with E-state index in [0.29, 0.717) is 31.7 Å². The summed E-state index contributed by atoms with van der Waals surface area (Å²) < 4.78 is 25.6. The summed E-state index contributed by atoms with van der Waals surface area (Å²) >= 11 is 0. The first-order chi connectivity index (χ1) is 20.4. The number of rotatable bonds is 18. The van der Waals surface area contributed by atoms with Gasteiger partial charge in [0.05, 0.1) is 29.0 Å². The highest BCUT2D eigenvalue weighted by Gasteiger charge is 2.35. The number of imidazole rings is 1. The molecule has 250 valence electrons. The van der Waals surface area contributed by atoms with Crippen molar-refractivity contribution in [3.8, 4) is 0 Å². The van der Waals surface area contributed by atoms with Crippen molar-refractivity contribution in [2.24, 2.45) is 17.8 Å². The Hall–Kier alpha value is -2.11. The van der Waals surface area contributed by atoms with Crippen LogP contribution < -0.4 is 5.32 Å². The Bertz CT molecular complexity index is 1180. The van der Waals surface area contributed by atoms with E-state index >= 15 is 0 Å². The molecule has 1 aliphatic rings. The third-order valence-electron chi connectivity index (χ3n) is 9.06. The van der Waals surface area contributed by atoms with Gasteiger partial charge in [0, 0.05) is 30.3 Å². The lowest BCUT2D eigenvalue weighted by Crippen LogP contribution is -2.49. The number of nitrogens with one attached hydrogen (secondary N) is 2. The molecule has 1 saturated carbocycles. The van der Waals surface area contributed by atoms with E-state index in [1.165, 1.54) is 19.3 Å². The molecule has 1 heterocycles. The maximum Gasteiger partial charge on any atom is 0.155 e. The maximum atomic E-state index is 14.0. The largest absolute Gasteiger partial charge is 0.412 e. The molecule has 0 radical (unpaired) electrons. The molecule has 0 amide bonds. The lowest BCUT2D eigenvalue weighted by molar-refractivity contribution is -0.123. The Morgan fingerprint density at radius 1 is 1.09 bits per heavy atom. The smallest absolute Gasteiger partial charge is 0.155 e. The van der Waals surface area contributed by atoms with Gasteiger partial charge in [0.1, 0.15) is 5.78 Å². The first kappa shape index (κ1) is 38.1. The SMILES string of the molecule is CCC[C@H](O)[C@H](O)[C@H](CC1CCCCC1)NC[C@@H](CC(=O)[C@H](Cc1ccccc1)CS(=O)(=O)C(C)(C)C)Cc1cnc[nH]1.O. The van der Waals surface area contributed by atoms with Gasteiger partial charge in [-0.2, -0.15) is 0 Å². The van der Waals surface area contributed by atoms with Crippen LogP contribution in [0.25, 0.3) is 0 Å². The number of nitrogens with zero attached hydrogens (tertiary/aromatic N) is 1. The number of benzene rings is 1. The van der Waals surface area contributed by atoms with E-state index in [4.69, 9.17) is 0 Å². The molecule has 0 aliphatic heterocycles. The second-order valence-corrected chi connectivity index (χ2v) is 16.5. The monoisotopic (exact) mass is 635 g/mol. The number of aromatic nitrogens is 2. The number of Topliss-reactive ketones (excluding diaryl/α,β-unsaturated/α-hetero) is 1. The summed E-state index contributed by atoms with van der Waals surface area (Å²) in [5.74, 6) is -0.571. The number of carbonyl (C=O) groups excluding carboxylic acids is 1. The molecule has 2 aromatic rings.